The molecule has 2 saturated carbocycles. The van der Waals surface area contributed by atoms with Gasteiger partial charge in [-0.15, -0.1) is 0 Å². The Morgan fingerprint density at radius 1 is 0.554 bits per heavy atom. The largest absolute Gasteiger partial charge is 0.487 e. The van der Waals surface area contributed by atoms with E-state index in [0.29, 0.717) is 19.1 Å². The average molecular weight is 751 g/mol. The van der Waals surface area contributed by atoms with E-state index in [1.807, 2.05) is 121 Å². The summed E-state index contributed by atoms with van der Waals surface area (Å²) in [5.41, 5.74) is 5.37. The molecule has 2 atom stereocenters. The summed E-state index contributed by atoms with van der Waals surface area (Å²) >= 11 is 0. The van der Waals surface area contributed by atoms with Crippen LogP contribution in [0.5, 0.6) is 11.5 Å². The topological polar surface area (TPSA) is 119 Å². The fourth-order valence-corrected chi connectivity index (χ4v) is 8.30. The van der Waals surface area contributed by atoms with Crippen molar-refractivity contribution in [3.05, 3.63) is 144 Å². The predicted molar refractivity (Wildman–Crippen MR) is 219 cm³/mol. The summed E-state index contributed by atoms with van der Waals surface area (Å²) < 4.78 is 11.7. The van der Waals surface area contributed by atoms with Gasteiger partial charge in [0.1, 0.15) is 24.7 Å². The van der Waals surface area contributed by atoms with Gasteiger partial charge in [0.2, 0.25) is 0 Å². The Balaban J connectivity index is 0.000000172. The summed E-state index contributed by atoms with van der Waals surface area (Å²) in [6.45, 7) is 0.768. The molecule has 0 radical (unpaired) electrons. The first kappa shape index (κ1) is 38.5. The minimum Gasteiger partial charge on any atom is -0.487 e. The Hall–Kier alpha value is -5.76. The molecule has 4 aromatic carbocycles. The zero-order valence-corrected chi connectivity index (χ0v) is 31.8. The van der Waals surface area contributed by atoms with Crippen LogP contribution in [0.1, 0.15) is 98.6 Å². The molecule has 288 valence electrons. The van der Waals surface area contributed by atoms with E-state index in [-0.39, 0.29) is 5.92 Å². The second-order valence-electron chi connectivity index (χ2n) is 15.2. The summed E-state index contributed by atoms with van der Waals surface area (Å²) in [4.78, 5) is 32.8. The zero-order valence-electron chi connectivity index (χ0n) is 31.8. The van der Waals surface area contributed by atoms with E-state index in [2.05, 4.69) is 9.97 Å². The molecule has 8 heteroatoms. The van der Waals surface area contributed by atoms with Gasteiger partial charge < -0.3 is 19.7 Å². The van der Waals surface area contributed by atoms with Gasteiger partial charge in [0.15, 0.2) is 0 Å². The number of carboxylic acid groups (broad SMARTS) is 2. The number of hydrogen-bond donors (Lipinski definition) is 2. The van der Waals surface area contributed by atoms with Crippen LogP contribution in [0.25, 0.3) is 21.8 Å². The van der Waals surface area contributed by atoms with Crippen molar-refractivity contribution in [2.24, 2.45) is 11.8 Å². The summed E-state index contributed by atoms with van der Waals surface area (Å²) in [5, 5.41) is 21.6. The van der Waals surface area contributed by atoms with Crippen molar-refractivity contribution in [2.75, 3.05) is 0 Å². The number of pyridine rings is 2. The molecule has 2 unspecified atom stereocenters. The van der Waals surface area contributed by atoms with Crippen molar-refractivity contribution in [1.82, 2.24) is 9.97 Å². The third kappa shape index (κ3) is 10.1. The second-order valence-corrected chi connectivity index (χ2v) is 15.2. The minimum atomic E-state index is -0.732. The highest BCUT2D eigenvalue weighted by Gasteiger charge is 2.32. The third-order valence-electron chi connectivity index (χ3n) is 11.3. The summed E-state index contributed by atoms with van der Waals surface area (Å²) in [5.74, 6) is -0.0795. The number of para-hydroxylation sites is 2. The van der Waals surface area contributed by atoms with Crippen molar-refractivity contribution in [1.29, 1.82) is 0 Å². The van der Waals surface area contributed by atoms with Gasteiger partial charge in [-0.25, -0.2) is 9.97 Å². The Morgan fingerprint density at radius 3 is 1.54 bits per heavy atom. The van der Waals surface area contributed by atoms with Crippen molar-refractivity contribution < 1.29 is 29.3 Å². The summed E-state index contributed by atoms with van der Waals surface area (Å²) in [6.07, 6.45) is 11.1. The summed E-state index contributed by atoms with van der Waals surface area (Å²) in [7, 11) is 0. The van der Waals surface area contributed by atoms with Gasteiger partial charge in [-0.2, -0.15) is 0 Å². The van der Waals surface area contributed by atoms with Crippen LogP contribution in [0.3, 0.4) is 0 Å². The fourth-order valence-electron chi connectivity index (χ4n) is 8.30. The molecular weight excluding hydrogens is 701 g/mol. The number of nitrogens with zero attached hydrogens (tertiary/aromatic N) is 2. The molecule has 0 saturated heterocycles. The minimum absolute atomic E-state index is 0.246. The van der Waals surface area contributed by atoms with Crippen LogP contribution in [0, 0.1) is 11.8 Å². The number of ether oxygens (including phenoxy) is 2. The van der Waals surface area contributed by atoms with Gasteiger partial charge in [0.25, 0.3) is 0 Å². The molecule has 2 aliphatic carbocycles. The van der Waals surface area contributed by atoms with Crippen molar-refractivity contribution >= 4 is 33.7 Å². The first-order valence-electron chi connectivity index (χ1n) is 20.0. The Bertz CT molecular complexity index is 2210. The van der Waals surface area contributed by atoms with Gasteiger partial charge in [-0.05, 0) is 90.8 Å². The SMILES string of the molecule is O=C(O)C(CC1CCCCC1)c1ccc(OCc2ccc3ccccc3n2)cc1.O=C(O)C(c1ccc(OCc2ccc3ccccc3n2)cc1)C1CCCC1. The maximum atomic E-state index is 11.8. The lowest BCUT2D eigenvalue weighted by molar-refractivity contribution is -0.140. The fraction of sp³-hybridized carbons (Fsp3) is 0.333. The van der Waals surface area contributed by atoms with E-state index in [4.69, 9.17) is 9.47 Å². The Morgan fingerprint density at radius 2 is 1.04 bits per heavy atom. The predicted octanol–water partition coefficient (Wildman–Crippen LogP) is 11.1. The molecule has 2 N–H and O–H groups in total. The summed E-state index contributed by atoms with van der Waals surface area (Å²) in [6, 6.07) is 39.1. The van der Waals surface area contributed by atoms with Crippen molar-refractivity contribution in [3.8, 4) is 11.5 Å². The number of hydrogen-bond acceptors (Lipinski definition) is 6. The maximum Gasteiger partial charge on any atom is 0.311 e. The molecule has 0 bridgehead atoms. The molecular formula is C48H50N2O6. The molecule has 8 nitrogen and oxygen atoms in total. The van der Waals surface area contributed by atoms with E-state index >= 15 is 0 Å². The number of carbonyl (C=O) groups is 2. The lowest BCUT2D eigenvalue weighted by Crippen LogP contribution is -2.19. The lowest BCUT2D eigenvalue weighted by atomic mass is 9.80. The molecule has 0 amide bonds. The number of fused-ring (bicyclic) bond motifs is 2. The first-order valence-corrected chi connectivity index (χ1v) is 20.0. The van der Waals surface area contributed by atoms with E-state index < -0.39 is 23.8 Å². The molecule has 0 aliphatic heterocycles. The number of benzene rings is 4. The van der Waals surface area contributed by atoms with Gasteiger partial charge in [-0.1, -0.05) is 118 Å². The molecule has 8 rings (SSSR count). The third-order valence-corrected chi connectivity index (χ3v) is 11.3. The highest BCUT2D eigenvalue weighted by molar-refractivity contribution is 5.79. The molecule has 6 aromatic rings. The second kappa shape index (κ2) is 18.7. The molecule has 2 aliphatic rings. The van der Waals surface area contributed by atoms with Crippen LogP contribution in [0.15, 0.2) is 121 Å². The van der Waals surface area contributed by atoms with E-state index in [1.54, 1.807) is 0 Å². The van der Waals surface area contributed by atoms with Crippen LogP contribution >= 0.6 is 0 Å². The average Bonchev–Trinajstić information content (AvgIpc) is 3.77. The van der Waals surface area contributed by atoms with Gasteiger partial charge in [0, 0.05) is 10.8 Å². The maximum absolute atomic E-state index is 11.8. The Labute approximate surface area is 328 Å². The van der Waals surface area contributed by atoms with Crippen LogP contribution in [-0.2, 0) is 22.8 Å². The van der Waals surface area contributed by atoms with Crippen LogP contribution in [-0.4, -0.2) is 32.1 Å². The zero-order chi connectivity index (χ0) is 38.7. The number of aliphatic carboxylic acids is 2. The molecule has 2 aromatic heterocycles. The number of aromatic nitrogens is 2. The monoisotopic (exact) mass is 750 g/mol. The van der Waals surface area contributed by atoms with Crippen LogP contribution in [0.2, 0.25) is 0 Å². The van der Waals surface area contributed by atoms with E-state index in [0.717, 1.165) is 101 Å². The van der Waals surface area contributed by atoms with Crippen molar-refractivity contribution in [2.45, 2.75) is 89.3 Å². The normalized spacial score (nSPS) is 15.8. The van der Waals surface area contributed by atoms with Crippen LogP contribution < -0.4 is 9.47 Å². The first-order chi connectivity index (χ1) is 27.4. The molecule has 2 fully saturated rings. The quantitative estimate of drug-likeness (QED) is 0.120. The lowest BCUT2D eigenvalue weighted by Gasteiger charge is -2.24. The van der Waals surface area contributed by atoms with Crippen LogP contribution in [0.4, 0.5) is 0 Å². The van der Waals surface area contributed by atoms with Gasteiger partial charge in [-0.3, -0.25) is 9.59 Å². The smallest absolute Gasteiger partial charge is 0.311 e. The van der Waals surface area contributed by atoms with Gasteiger partial charge in [0.05, 0.1) is 34.3 Å². The molecule has 2 heterocycles. The number of carboxylic acids is 2. The highest BCUT2D eigenvalue weighted by Crippen LogP contribution is 2.38. The van der Waals surface area contributed by atoms with E-state index in [1.165, 1.54) is 19.3 Å². The molecule has 56 heavy (non-hydrogen) atoms. The van der Waals surface area contributed by atoms with E-state index in [9.17, 15) is 19.8 Å². The standard InChI is InChI=1S/C25H27NO3.C23H23NO3/c27-25(28)23(16-18-6-2-1-3-7-18)19-11-14-22(15-12-19)29-17-21-13-10-20-8-4-5-9-24(20)26-21;25-23(26)22(17-6-1-2-7-17)18-10-13-20(14-11-18)27-15-19-12-9-16-5-3-4-8-21(16)24-19/h4-5,8-15,18,23H,1-3,6-7,16-17H2,(H,27,28);3-5,8-14,17,22H,1-2,6-7,15H2,(H,25,26). The Kier molecular flexibility index (Phi) is 12.9. The number of rotatable bonds is 13. The van der Waals surface area contributed by atoms with Gasteiger partial charge >= 0.3 is 11.9 Å². The van der Waals surface area contributed by atoms with Crippen molar-refractivity contribution in [3.63, 3.8) is 0 Å². The molecule has 0 spiro atoms. The highest BCUT2D eigenvalue weighted by atomic mass is 16.5.